The number of aromatic amines is 1. The minimum atomic E-state index is -1.20. The van der Waals surface area contributed by atoms with Crippen molar-refractivity contribution in [2.24, 2.45) is 11.7 Å². The summed E-state index contributed by atoms with van der Waals surface area (Å²) in [7, 11) is 0. The molecule has 1 aromatic heterocycles. The number of imidazole rings is 1. The zero-order valence-electron chi connectivity index (χ0n) is 27.7. The van der Waals surface area contributed by atoms with Crippen LogP contribution in [0.1, 0.15) is 49.9 Å². The topological polar surface area (TPSA) is 220 Å². The zero-order chi connectivity index (χ0) is 35.5. The molecule has 3 aromatic rings. The van der Waals surface area contributed by atoms with Crippen molar-refractivity contribution >= 4 is 29.6 Å². The van der Waals surface area contributed by atoms with Crippen LogP contribution in [0.3, 0.4) is 0 Å². The molecule has 14 nitrogen and oxygen atoms in total. The van der Waals surface area contributed by atoms with Crippen LogP contribution in [0, 0.1) is 5.92 Å². The molecule has 8 N–H and O–H groups in total. The van der Waals surface area contributed by atoms with Gasteiger partial charge < -0.3 is 41.8 Å². The number of phenolic OH excluding ortho intramolecular Hbond substituents is 1. The van der Waals surface area contributed by atoms with E-state index < -0.39 is 59.8 Å². The first-order valence-electron chi connectivity index (χ1n) is 16.5. The molecule has 1 fully saturated rings. The standard InChI is InChI=1S/C35H45N7O7/c1-3-21(2)30(41-31(44)26(36)16-23-11-13-25(43)14-12-23)33(46)39-27(18-24-19-37-20-38-24)34(47)42-15-7-10-29(42)32(45)40-28(35(48)49)17-22-8-5-4-6-9-22/h4-6,8-9,11-14,19-21,26-30,43H,3,7,10,15-18,36H2,1-2H3,(H,37,38)(H,39,46)(H,40,45)(H,41,44)(H,48,49)/t21?,26-,27-,28-,29-,30-/m0/s1. The van der Waals surface area contributed by atoms with Crippen LogP contribution in [-0.4, -0.2) is 91.4 Å². The largest absolute Gasteiger partial charge is 0.508 e. The Morgan fingerprint density at radius 1 is 0.939 bits per heavy atom. The predicted molar refractivity (Wildman–Crippen MR) is 180 cm³/mol. The molecule has 1 aliphatic rings. The third kappa shape index (κ3) is 10.1. The van der Waals surface area contributed by atoms with Gasteiger partial charge in [-0.25, -0.2) is 9.78 Å². The van der Waals surface area contributed by atoms with Crippen LogP contribution >= 0.6 is 0 Å². The van der Waals surface area contributed by atoms with Crippen LogP contribution in [0.2, 0.25) is 0 Å². The minimum Gasteiger partial charge on any atom is -0.508 e. The molecule has 0 bridgehead atoms. The number of H-pyrrole nitrogens is 1. The van der Waals surface area contributed by atoms with Crippen LogP contribution in [0.4, 0.5) is 0 Å². The second-order valence-electron chi connectivity index (χ2n) is 12.5. The van der Waals surface area contributed by atoms with Gasteiger partial charge in [0.1, 0.15) is 29.9 Å². The van der Waals surface area contributed by atoms with Crippen LogP contribution < -0.4 is 21.7 Å². The maximum Gasteiger partial charge on any atom is 0.326 e. The van der Waals surface area contributed by atoms with Gasteiger partial charge in [-0.1, -0.05) is 62.7 Å². The molecule has 49 heavy (non-hydrogen) atoms. The van der Waals surface area contributed by atoms with Crippen molar-refractivity contribution in [3.63, 3.8) is 0 Å². The highest BCUT2D eigenvalue weighted by Gasteiger charge is 2.40. The number of hydrogen-bond acceptors (Lipinski definition) is 8. The van der Waals surface area contributed by atoms with Crippen molar-refractivity contribution in [2.75, 3.05) is 6.54 Å². The summed E-state index contributed by atoms with van der Waals surface area (Å²) in [6.07, 6.45) is 4.62. The first-order valence-corrected chi connectivity index (χ1v) is 16.5. The lowest BCUT2D eigenvalue weighted by Gasteiger charge is -2.31. The number of carboxylic acid groups (broad SMARTS) is 1. The third-order valence-corrected chi connectivity index (χ3v) is 8.85. The normalized spacial score (nSPS) is 17.3. The number of nitrogens with one attached hydrogen (secondary N) is 4. The minimum absolute atomic E-state index is 0.0305. The molecular weight excluding hydrogens is 630 g/mol. The van der Waals surface area contributed by atoms with Crippen molar-refractivity contribution in [3.8, 4) is 5.75 Å². The summed E-state index contributed by atoms with van der Waals surface area (Å²) in [5, 5.41) is 27.6. The van der Waals surface area contributed by atoms with E-state index in [0.29, 0.717) is 25.0 Å². The van der Waals surface area contributed by atoms with Crippen LogP contribution in [0.5, 0.6) is 5.75 Å². The van der Waals surface area contributed by atoms with Gasteiger partial charge in [0.05, 0.1) is 12.4 Å². The maximum absolute atomic E-state index is 14.1. The number of carbonyl (C=O) groups excluding carboxylic acids is 4. The van der Waals surface area contributed by atoms with E-state index in [1.165, 1.54) is 29.6 Å². The van der Waals surface area contributed by atoms with Gasteiger partial charge in [-0.3, -0.25) is 19.2 Å². The number of aromatic nitrogens is 2. The van der Waals surface area contributed by atoms with E-state index in [2.05, 4.69) is 25.9 Å². The summed E-state index contributed by atoms with van der Waals surface area (Å²) in [6.45, 7) is 3.91. The van der Waals surface area contributed by atoms with Crippen molar-refractivity contribution in [3.05, 3.63) is 83.9 Å². The molecule has 4 amide bonds. The monoisotopic (exact) mass is 675 g/mol. The van der Waals surface area contributed by atoms with Gasteiger partial charge in [0, 0.05) is 31.3 Å². The number of nitrogens with two attached hydrogens (primary N) is 1. The average molecular weight is 676 g/mol. The van der Waals surface area contributed by atoms with Gasteiger partial charge in [0.15, 0.2) is 0 Å². The Morgan fingerprint density at radius 2 is 1.63 bits per heavy atom. The van der Waals surface area contributed by atoms with Crippen molar-refractivity contribution in [1.82, 2.24) is 30.8 Å². The quantitative estimate of drug-likeness (QED) is 0.115. The number of aromatic hydroxyl groups is 1. The number of amides is 4. The molecule has 1 saturated heterocycles. The van der Waals surface area contributed by atoms with Gasteiger partial charge in [-0.2, -0.15) is 0 Å². The van der Waals surface area contributed by atoms with Crippen LogP contribution in [-0.2, 0) is 43.2 Å². The van der Waals surface area contributed by atoms with E-state index in [1.54, 1.807) is 43.3 Å². The second-order valence-corrected chi connectivity index (χ2v) is 12.5. The van der Waals surface area contributed by atoms with Crippen molar-refractivity contribution in [2.45, 2.75) is 82.6 Å². The van der Waals surface area contributed by atoms with E-state index in [0.717, 1.165) is 11.1 Å². The smallest absolute Gasteiger partial charge is 0.326 e. The van der Waals surface area contributed by atoms with Gasteiger partial charge in [0.25, 0.3) is 0 Å². The number of rotatable bonds is 16. The van der Waals surface area contributed by atoms with Gasteiger partial charge in [0.2, 0.25) is 23.6 Å². The van der Waals surface area contributed by atoms with Crippen molar-refractivity contribution in [1.29, 1.82) is 0 Å². The summed E-state index contributed by atoms with van der Waals surface area (Å²) in [6, 6.07) is 9.96. The summed E-state index contributed by atoms with van der Waals surface area (Å²) in [5.74, 6) is -3.69. The fourth-order valence-corrected chi connectivity index (χ4v) is 5.84. The lowest BCUT2D eigenvalue weighted by atomic mass is 9.96. The molecule has 6 atom stereocenters. The molecule has 2 aromatic carbocycles. The summed E-state index contributed by atoms with van der Waals surface area (Å²) in [4.78, 5) is 74.9. The summed E-state index contributed by atoms with van der Waals surface area (Å²) in [5.41, 5.74) is 8.22. The molecule has 0 spiro atoms. The first-order chi connectivity index (χ1) is 23.5. The van der Waals surface area contributed by atoms with Gasteiger partial charge in [-0.05, 0) is 48.4 Å². The van der Waals surface area contributed by atoms with Gasteiger partial charge >= 0.3 is 5.97 Å². The fraction of sp³-hybridized carbons (Fsp3) is 0.429. The number of nitrogens with zero attached hydrogens (tertiary/aromatic N) is 2. The number of hydrogen-bond donors (Lipinski definition) is 7. The molecule has 2 heterocycles. The van der Waals surface area contributed by atoms with Crippen LogP contribution in [0.15, 0.2) is 67.1 Å². The Labute approximate surface area is 284 Å². The SMILES string of the molecule is CCC(C)[C@H](NC(=O)[C@@H](N)Cc1ccc(O)cc1)C(=O)N[C@@H](Cc1cnc[nH]1)C(=O)N1CCC[C@H]1C(=O)N[C@@H](Cc1ccccc1)C(=O)O. The summed E-state index contributed by atoms with van der Waals surface area (Å²) < 4.78 is 0. The van der Waals surface area contributed by atoms with E-state index in [9.17, 15) is 34.2 Å². The highest BCUT2D eigenvalue weighted by Crippen LogP contribution is 2.21. The van der Waals surface area contributed by atoms with E-state index in [1.807, 2.05) is 13.0 Å². The number of phenols is 1. The second kappa shape index (κ2) is 17.2. The van der Waals surface area contributed by atoms with E-state index in [4.69, 9.17) is 5.73 Å². The zero-order valence-corrected chi connectivity index (χ0v) is 27.7. The Morgan fingerprint density at radius 3 is 2.27 bits per heavy atom. The number of carboxylic acids is 1. The molecule has 0 aliphatic carbocycles. The lowest BCUT2D eigenvalue weighted by Crippen LogP contribution is -2.60. The van der Waals surface area contributed by atoms with Crippen molar-refractivity contribution < 1.29 is 34.2 Å². The maximum atomic E-state index is 14.1. The molecule has 262 valence electrons. The Bertz CT molecular complexity index is 1570. The number of likely N-dealkylation sites (tertiary alicyclic amines) is 1. The molecule has 1 aliphatic heterocycles. The highest BCUT2D eigenvalue weighted by molar-refractivity contribution is 5.96. The lowest BCUT2D eigenvalue weighted by molar-refractivity contribution is -0.145. The Hall–Kier alpha value is -5.24. The Balaban J connectivity index is 1.48. The van der Waals surface area contributed by atoms with E-state index >= 15 is 0 Å². The number of benzene rings is 2. The molecule has 14 heteroatoms. The average Bonchev–Trinajstić information content (AvgIpc) is 3.80. The highest BCUT2D eigenvalue weighted by atomic mass is 16.4. The van der Waals surface area contributed by atoms with Crippen LogP contribution in [0.25, 0.3) is 0 Å². The molecule has 4 rings (SSSR count). The number of carbonyl (C=O) groups is 5. The summed E-state index contributed by atoms with van der Waals surface area (Å²) >= 11 is 0. The molecular formula is C35H45N7O7. The van der Waals surface area contributed by atoms with E-state index in [-0.39, 0.29) is 37.5 Å². The fourth-order valence-electron chi connectivity index (χ4n) is 5.84. The molecule has 0 radical (unpaired) electrons. The predicted octanol–water partition coefficient (Wildman–Crippen LogP) is 1.05. The molecule has 0 saturated carbocycles. The number of aliphatic carboxylic acids is 1. The first kappa shape index (κ1) is 36.6. The third-order valence-electron chi connectivity index (χ3n) is 8.85. The van der Waals surface area contributed by atoms with Gasteiger partial charge in [-0.15, -0.1) is 0 Å². The Kier molecular flexibility index (Phi) is 12.9. The molecule has 1 unspecified atom stereocenters.